The molecule has 0 aliphatic rings. The number of carbonyl (C=O) groups excluding carboxylic acids is 1. The van der Waals surface area contributed by atoms with Gasteiger partial charge < -0.3 is 9.64 Å². The van der Waals surface area contributed by atoms with Crippen LogP contribution in [0.1, 0.15) is 27.0 Å². The van der Waals surface area contributed by atoms with Gasteiger partial charge in [0.15, 0.2) is 0 Å². The van der Waals surface area contributed by atoms with Crippen LogP contribution < -0.4 is 9.46 Å². The third-order valence-electron chi connectivity index (χ3n) is 5.26. The number of rotatable bonds is 7. The first-order valence-corrected chi connectivity index (χ1v) is 11.8. The van der Waals surface area contributed by atoms with Crippen LogP contribution in [0.4, 0.5) is 5.69 Å². The van der Waals surface area contributed by atoms with E-state index in [1.54, 1.807) is 26.3 Å². The zero-order chi connectivity index (χ0) is 23.5. The molecule has 0 unspecified atom stereocenters. The van der Waals surface area contributed by atoms with Crippen molar-refractivity contribution in [2.75, 3.05) is 18.9 Å². The molecule has 0 aromatic heterocycles. The monoisotopic (exact) mass is 472 g/mol. The number of nitrogens with one attached hydrogen (secondary N) is 1. The average molecular weight is 473 g/mol. The second kappa shape index (κ2) is 9.63. The molecule has 6 nitrogen and oxygen atoms in total. The van der Waals surface area contributed by atoms with E-state index >= 15 is 0 Å². The smallest absolute Gasteiger partial charge is 0.263 e. The number of amides is 1. The summed E-state index contributed by atoms with van der Waals surface area (Å²) >= 11 is 6.21. The summed E-state index contributed by atoms with van der Waals surface area (Å²) in [6, 6.07) is 17.0. The number of aryl methyl sites for hydroxylation is 1. The van der Waals surface area contributed by atoms with Crippen LogP contribution in [0, 0.1) is 13.8 Å². The summed E-state index contributed by atoms with van der Waals surface area (Å²) in [6.45, 7) is 4.03. The third-order valence-corrected chi connectivity index (χ3v) is 7.11. The van der Waals surface area contributed by atoms with Crippen LogP contribution in [0.25, 0.3) is 0 Å². The third kappa shape index (κ3) is 5.06. The fourth-order valence-corrected chi connectivity index (χ4v) is 4.93. The summed E-state index contributed by atoms with van der Waals surface area (Å²) in [5.74, 6) is 0.333. The van der Waals surface area contributed by atoms with Crippen LogP contribution >= 0.6 is 11.6 Å². The van der Waals surface area contributed by atoms with Gasteiger partial charge in [-0.05, 0) is 55.3 Å². The topological polar surface area (TPSA) is 75.7 Å². The van der Waals surface area contributed by atoms with Gasteiger partial charge in [-0.25, -0.2) is 8.42 Å². The quantitative estimate of drug-likeness (QED) is 0.522. The molecule has 0 saturated carbocycles. The van der Waals surface area contributed by atoms with E-state index in [4.69, 9.17) is 16.3 Å². The van der Waals surface area contributed by atoms with E-state index < -0.39 is 10.0 Å². The molecule has 32 heavy (non-hydrogen) atoms. The van der Waals surface area contributed by atoms with Crippen LogP contribution in [0.2, 0.25) is 5.02 Å². The van der Waals surface area contributed by atoms with Gasteiger partial charge in [-0.2, -0.15) is 0 Å². The lowest BCUT2D eigenvalue weighted by Gasteiger charge is -2.20. The Labute approximate surface area is 193 Å². The number of sulfonamides is 1. The Morgan fingerprint density at radius 2 is 1.78 bits per heavy atom. The van der Waals surface area contributed by atoms with Crippen LogP contribution in [0.3, 0.4) is 0 Å². The Bertz CT molecular complexity index is 1260. The van der Waals surface area contributed by atoms with Crippen molar-refractivity contribution < 1.29 is 17.9 Å². The lowest BCUT2D eigenvalue weighted by molar-refractivity contribution is 0.0784. The maximum atomic E-state index is 13.1. The molecule has 0 aliphatic heterocycles. The molecule has 1 amide bonds. The molecule has 0 saturated heterocycles. The van der Waals surface area contributed by atoms with E-state index in [-0.39, 0.29) is 21.4 Å². The van der Waals surface area contributed by atoms with Crippen molar-refractivity contribution in [1.82, 2.24) is 4.90 Å². The molecule has 0 atom stereocenters. The van der Waals surface area contributed by atoms with Gasteiger partial charge in [-0.1, -0.05) is 41.9 Å². The fraction of sp³-hybridized carbons (Fsp3) is 0.208. The molecule has 168 valence electrons. The van der Waals surface area contributed by atoms with Gasteiger partial charge in [0.25, 0.3) is 15.9 Å². The fourth-order valence-electron chi connectivity index (χ4n) is 3.29. The normalized spacial score (nSPS) is 11.2. The Balaban J connectivity index is 1.89. The number of benzene rings is 3. The Morgan fingerprint density at radius 1 is 1.06 bits per heavy atom. The van der Waals surface area contributed by atoms with E-state index in [1.807, 2.05) is 44.2 Å². The number of hydrogen-bond donors (Lipinski definition) is 1. The van der Waals surface area contributed by atoms with Gasteiger partial charge in [0.1, 0.15) is 10.6 Å². The predicted molar refractivity (Wildman–Crippen MR) is 127 cm³/mol. The Kier molecular flexibility index (Phi) is 7.11. The summed E-state index contributed by atoms with van der Waals surface area (Å²) in [5.41, 5.74) is 3.29. The number of para-hydroxylation sites is 1. The molecule has 3 rings (SSSR count). The van der Waals surface area contributed by atoms with E-state index in [0.29, 0.717) is 18.0 Å². The first kappa shape index (κ1) is 23.6. The van der Waals surface area contributed by atoms with Crippen molar-refractivity contribution in [3.8, 4) is 5.75 Å². The molecule has 0 fully saturated rings. The summed E-state index contributed by atoms with van der Waals surface area (Å²) in [7, 11) is -0.793. The van der Waals surface area contributed by atoms with Crippen molar-refractivity contribution >= 4 is 33.2 Å². The average Bonchev–Trinajstić information content (AvgIpc) is 2.77. The molecule has 3 aromatic carbocycles. The highest BCUT2D eigenvalue weighted by Crippen LogP contribution is 2.28. The molecule has 0 bridgehead atoms. The van der Waals surface area contributed by atoms with Crippen LogP contribution in [0.5, 0.6) is 5.75 Å². The van der Waals surface area contributed by atoms with E-state index in [9.17, 15) is 13.2 Å². The maximum absolute atomic E-state index is 13.1. The second-order valence-electron chi connectivity index (χ2n) is 7.47. The van der Waals surface area contributed by atoms with Crippen molar-refractivity contribution in [2.24, 2.45) is 0 Å². The largest absolute Gasteiger partial charge is 0.496 e. The molecule has 0 radical (unpaired) electrons. The molecule has 1 N–H and O–H groups in total. The standard InChI is InChI=1S/C24H25ClN2O4S/c1-16-8-7-10-21(17(16)2)26-32(29,30)23-14-18(12-13-20(23)25)24(28)27(3)15-19-9-5-6-11-22(19)31-4/h5-14,26H,15H2,1-4H3. The van der Waals surface area contributed by atoms with Crippen LogP contribution in [0.15, 0.2) is 65.6 Å². The summed E-state index contributed by atoms with van der Waals surface area (Å²) in [6.07, 6.45) is 0. The predicted octanol–water partition coefficient (Wildman–Crippen LogP) is 5.04. The van der Waals surface area contributed by atoms with Gasteiger partial charge >= 0.3 is 0 Å². The van der Waals surface area contributed by atoms with Crippen LogP contribution in [-0.4, -0.2) is 33.4 Å². The molecular formula is C24H25ClN2O4S. The highest BCUT2D eigenvalue weighted by molar-refractivity contribution is 7.92. The number of ether oxygens (including phenoxy) is 1. The first-order valence-electron chi connectivity index (χ1n) is 9.90. The highest BCUT2D eigenvalue weighted by atomic mass is 35.5. The molecule has 0 aliphatic carbocycles. The molecule has 0 spiro atoms. The van der Waals surface area contributed by atoms with E-state index in [0.717, 1.165) is 16.7 Å². The lowest BCUT2D eigenvalue weighted by Crippen LogP contribution is -2.26. The molecule has 0 heterocycles. The second-order valence-corrected chi connectivity index (χ2v) is 9.53. The Morgan fingerprint density at radius 3 is 2.50 bits per heavy atom. The van der Waals surface area contributed by atoms with Gasteiger partial charge in [0.2, 0.25) is 0 Å². The highest BCUT2D eigenvalue weighted by Gasteiger charge is 2.23. The number of hydrogen-bond acceptors (Lipinski definition) is 4. The zero-order valence-electron chi connectivity index (χ0n) is 18.3. The lowest BCUT2D eigenvalue weighted by atomic mass is 10.1. The minimum absolute atomic E-state index is 0.0340. The first-order chi connectivity index (χ1) is 15.1. The van der Waals surface area contributed by atoms with Gasteiger partial charge in [-0.15, -0.1) is 0 Å². The maximum Gasteiger partial charge on any atom is 0.263 e. The Hall–Kier alpha value is -3.03. The van der Waals surface area contributed by atoms with Crippen LogP contribution in [-0.2, 0) is 16.6 Å². The number of nitrogens with zero attached hydrogens (tertiary/aromatic N) is 1. The molecule has 8 heteroatoms. The summed E-state index contributed by atoms with van der Waals surface area (Å²) in [4.78, 5) is 14.4. The number of anilines is 1. The minimum atomic E-state index is -4.01. The zero-order valence-corrected chi connectivity index (χ0v) is 19.9. The van der Waals surface area contributed by atoms with Crippen molar-refractivity contribution in [2.45, 2.75) is 25.3 Å². The molecule has 3 aromatic rings. The van der Waals surface area contributed by atoms with E-state index in [2.05, 4.69) is 4.72 Å². The number of halogens is 1. The summed E-state index contributed by atoms with van der Waals surface area (Å²) in [5, 5.41) is 0.0340. The number of carbonyl (C=O) groups is 1. The number of methoxy groups -OCH3 is 1. The van der Waals surface area contributed by atoms with Gasteiger partial charge in [-0.3, -0.25) is 9.52 Å². The summed E-state index contributed by atoms with van der Waals surface area (Å²) < 4.78 is 34.1. The van der Waals surface area contributed by atoms with E-state index in [1.165, 1.54) is 23.1 Å². The SMILES string of the molecule is COc1ccccc1CN(C)C(=O)c1ccc(Cl)c(S(=O)(=O)Nc2cccc(C)c2C)c1. The minimum Gasteiger partial charge on any atom is -0.496 e. The van der Waals surface area contributed by atoms with Crippen molar-refractivity contribution in [3.63, 3.8) is 0 Å². The van der Waals surface area contributed by atoms with Crippen molar-refractivity contribution in [3.05, 3.63) is 87.9 Å². The van der Waals surface area contributed by atoms with Gasteiger partial charge in [0.05, 0.1) is 17.8 Å². The van der Waals surface area contributed by atoms with Crippen molar-refractivity contribution in [1.29, 1.82) is 0 Å². The molecular weight excluding hydrogens is 448 g/mol. The van der Waals surface area contributed by atoms with Gasteiger partial charge in [0, 0.05) is 24.7 Å².